The van der Waals surface area contributed by atoms with Crippen molar-refractivity contribution in [3.8, 4) is 0 Å². The maximum absolute atomic E-state index is 12.0. The van der Waals surface area contributed by atoms with Gasteiger partial charge in [0.15, 0.2) is 0 Å². The summed E-state index contributed by atoms with van der Waals surface area (Å²) in [5.41, 5.74) is 3.24. The van der Waals surface area contributed by atoms with Gasteiger partial charge in [-0.05, 0) is 44.4 Å². The molecule has 0 bridgehead atoms. The monoisotopic (exact) mass is 373 g/mol. The van der Waals surface area contributed by atoms with Crippen molar-refractivity contribution in [2.24, 2.45) is 5.92 Å². The molecular formula is C20H24ClN3O2. The fourth-order valence-corrected chi connectivity index (χ4v) is 3.65. The van der Waals surface area contributed by atoms with E-state index in [9.17, 15) is 4.79 Å². The van der Waals surface area contributed by atoms with Crippen LogP contribution in [0.3, 0.4) is 0 Å². The Balaban J connectivity index is 1.92. The average molecular weight is 374 g/mol. The van der Waals surface area contributed by atoms with Gasteiger partial charge in [-0.3, -0.25) is 4.79 Å². The molecule has 138 valence electrons. The van der Waals surface area contributed by atoms with Crippen molar-refractivity contribution in [1.29, 1.82) is 0 Å². The summed E-state index contributed by atoms with van der Waals surface area (Å²) in [6.07, 6.45) is 2.54. The number of hydrogen-bond acceptors (Lipinski definition) is 5. The summed E-state index contributed by atoms with van der Waals surface area (Å²) in [6.45, 7) is 5.45. The minimum absolute atomic E-state index is 0.104. The van der Waals surface area contributed by atoms with Gasteiger partial charge in [-0.25, -0.2) is 9.97 Å². The number of carbonyl (C=O) groups is 1. The Bertz CT molecular complexity index is 792. The van der Waals surface area contributed by atoms with Crippen LogP contribution in [0.25, 0.3) is 0 Å². The summed E-state index contributed by atoms with van der Waals surface area (Å²) >= 11 is 6.00. The van der Waals surface area contributed by atoms with E-state index >= 15 is 0 Å². The highest BCUT2D eigenvalue weighted by Gasteiger charge is 2.29. The first-order valence-electron chi connectivity index (χ1n) is 8.89. The van der Waals surface area contributed by atoms with Crippen molar-refractivity contribution in [3.63, 3.8) is 0 Å². The number of hydrogen-bond donors (Lipinski definition) is 0. The predicted octanol–water partition coefficient (Wildman–Crippen LogP) is 3.73. The van der Waals surface area contributed by atoms with Crippen LogP contribution in [0.2, 0.25) is 5.02 Å². The lowest BCUT2D eigenvalue weighted by Gasteiger charge is -2.33. The highest BCUT2D eigenvalue weighted by molar-refractivity contribution is 6.30. The normalized spacial score (nSPS) is 17.2. The van der Waals surface area contributed by atoms with Gasteiger partial charge in [-0.1, -0.05) is 23.7 Å². The summed E-state index contributed by atoms with van der Waals surface area (Å²) in [5, 5.41) is 0.725. The number of anilines is 1. The lowest BCUT2D eigenvalue weighted by molar-refractivity contribution is -0.145. The van der Waals surface area contributed by atoms with Crippen molar-refractivity contribution >= 4 is 23.4 Å². The summed E-state index contributed by atoms with van der Waals surface area (Å²) < 4.78 is 4.95. The van der Waals surface area contributed by atoms with Crippen LogP contribution in [0.15, 0.2) is 24.3 Å². The number of aromatic nitrogens is 2. The van der Waals surface area contributed by atoms with Crippen LogP contribution in [0.5, 0.6) is 0 Å². The Morgan fingerprint density at radius 3 is 2.69 bits per heavy atom. The zero-order valence-electron chi connectivity index (χ0n) is 15.5. The Kier molecular flexibility index (Phi) is 5.77. The maximum Gasteiger partial charge on any atom is 0.310 e. The molecule has 2 aromatic rings. The second-order valence-corrected chi connectivity index (χ2v) is 7.21. The van der Waals surface area contributed by atoms with E-state index in [4.69, 9.17) is 21.3 Å². The van der Waals surface area contributed by atoms with Crippen molar-refractivity contribution in [2.75, 3.05) is 25.1 Å². The van der Waals surface area contributed by atoms with Gasteiger partial charge in [0.05, 0.1) is 13.0 Å². The van der Waals surface area contributed by atoms with Crippen molar-refractivity contribution in [1.82, 2.24) is 9.97 Å². The molecule has 3 rings (SSSR count). The SMILES string of the molecule is COC(=O)C1CCCN(c2nc(C)nc(C)c2Cc2ccc(Cl)cc2)C1. The average Bonchev–Trinajstić information content (AvgIpc) is 2.64. The lowest BCUT2D eigenvalue weighted by atomic mass is 9.96. The quantitative estimate of drug-likeness (QED) is 0.764. The number of halogens is 1. The number of esters is 1. The van der Waals surface area contributed by atoms with Gasteiger partial charge in [-0.15, -0.1) is 0 Å². The molecule has 6 heteroatoms. The van der Waals surface area contributed by atoms with E-state index in [0.717, 1.165) is 59.3 Å². The van der Waals surface area contributed by atoms with Gasteiger partial charge >= 0.3 is 5.97 Å². The lowest BCUT2D eigenvalue weighted by Crippen LogP contribution is -2.40. The fourth-order valence-electron chi connectivity index (χ4n) is 3.52. The zero-order chi connectivity index (χ0) is 18.7. The molecule has 1 unspecified atom stereocenters. The molecule has 1 saturated heterocycles. The number of ether oxygens (including phenoxy) is 1. The fraction of sp³-hybridized carbons (Fsp3) is 0.450. The van der Waals surface area contributed by atoms with Gasteiger partial charge < -0.3 is 9.64 Å². The highest BCUT2D eigenvalue weighted by atomic mass is 35.5. The number of aryl methyl sites for hydroxylation is 2. The van der Waals surface area contributed by atoms with Crippen molar-refractivity contribution < 1.29 is 9.53 Å². The Morgan fingerprint density at radius 2 is 2.00 bits per heavy atom. The third-order valence-corrected chi connectivity index (χ3v) is 5.11. The molecule has 1 aromatic heterocycles. The van der Waals surface area contributed by atoms with Crippen LogP contribution in [-0.4, -0.2) is 36.1 Å². The first kappa shape index (κ1) is 18.6. The van der Waals surface area contributed by atoms with Gasteiger partial charge in [0, 0.05) is 35.8 Å². The molecule has 5 nitrogen and oxygen atoms in total. The summed E-state index contributed by atoms with van der Waals surface area (Å²) in [7, 11) is 1.45. The molecule has 0 radical (unpaired) electrons. The van der Waals surface area contributed by atoms with Crippen molar-refractivity contribution in [2.45, 2.75) is 33.1 Å². The van der Waals surface area contributed by atoms with Gasteiger partial charge in [-0.2, -0.15) is 0 Å². The summed E-state index contributed by atoms with van der Waals surface area (Å²) in [4.78, 5) is 23.5. The Labute approximate surface area is 159 Å². The van der Waals surface area contributed by atoms with Gasteiger partial charge in [0.2, 0.25) is 0 Å². The number of methoxy groups -OCH3 is 1. The topological polar surface area (TPSA) is 55.3 Å². The molecular weight excluding hydrogens is 350 g/mol. The molecule has 0 N–H and O–H groups in total. The molecule has 0 spiro atoms. The Morgan fingerprint density at radius 1 is 1.27 bits per heavy atom. The first-order valence-corrected chi connectivity index (χ1v) is 9.27. The summed E-state index contributed by atoms with van der Waals surface area (Å²) in [6, 6.07) is 7.85. The molecule has 0 aliphatic carbocycles. The molecule has 1 aromatic carbocycles. The molecule has 1 atom stereocenters. The first-order chi connectivity index (χ1) is 12.5. The van der Waals surface area contributed by atoms with E-state index in [0.29, 0.717) is 6.54 Å². The largest absolute Gasteiger partial charge is 0.469 e. The predicted molar refractivity (Wildman–Crippen MR) is 103 cm³/mol. The zero-order valence-corrected chi connectivity index (χ0v) is 16.2. The third-order valence-electron chi connectivity index (χ3n) is 4.85. The number of rotatable bonds is 4. The van der Waals surface area contributed by atoms with Gasteiger partial charge in [0.1, 0.15) is 11.6 Å². The standard InChI is InChI=1S/C20H24ClN3O2/c1-13-18(11-15-6-8-17(21)9-7-15)19(23-14(2)22-13)24-10-4-5-16(12-24)20(25)26-3/h6-9,16H,4-5,10-12H2,1-3H3. The Hall–Kier alpha value is -2.14. The minimum atomic E-state index is -0.142. The highest BCUT2D eigenvalue weighted by Crippen LogP contribution is 2.29. The molecule has 0 amide bonds. The molecule has 1 aliphatic heterocycles. The third kappa shape index (κ3) is 4.15. The van der Waals surface area contributed by atoms with Crippen LogP contribution in [-0.2, 0) is 16.0 Å². The molecule has 2 heterocycles. The van der Waals surface area contributed by atoms with Crippen molar-refractivity contribution in [3.05, 3.63) is 51.9 Å². The number of piperidine rings is 1. The minimum Gasteiger partial charge on any atom is -0.469 e. The van der Waals surface area contributed by atoms with E-state index in [-0.39, 0.29) is 11.9 Å². The van der Waals surface area contributed by atoms with E-state index in [1.807, 2.05) is 38.1 Å². The molecule has 1 aliphatic rings. The van der Waals surface area contributed by atoms with Crippen LogP contribution >= 0.6 is 11.6 Å². The number of benzene rings is 1. The maximum atomic E-state index is 12.0. The van der Waals surface area contributed by atoms with Crippen LogP contribution < -0.4 is 4.90 Å². The van der Waals surface area contributed by atoms with Gasteiger partial charge in [0.25, 0.3) is 0 Å². The van der Waals surface area contributed by atoms with Crippen LogP contribution in [0.4, 0.5) is 5.82 Å². The second kappa shape index (κ2) is 8.04. The molecule has 0 saturated carbocycles. The smallest absolute Gasteiger partial charge is 0.310 e. The van der Waals surface area contributed by atoms with E-state index in [1.54, 1.807) is 0 Å². The van der Waals surface area contributed by atoms with E-state index in [1.165, 1.54) is 7.11 Å². The number of nitrogens with zero attached hydrogens (tertiary/aromatic N) is 3. The van der Waals surface area contributed by atoms with E-state index < -0.39 is 0 Å². The molecule has 1 fully saturated rings. The number of carbonyl (C=O) groups excluding carboxylic acids is 1. The molecule has 26 heavy (non-hydrogen) atoms. The van der Waals surface area contributed by atoms with Crippen LogP contribution in [0.1, 0.15) is 35.5 Å². The van der Waals surface area contributed by atoms with E-state index in [2.05, 4.69) is 9.88 Å². The second-order valence-electron chi connectivity index (χ2n) is 6.77. The summed E-state index contributed by atoms with van der Waals surface area (Å²) in [5.74, 6) is 1.43. The van der Waals surface area contributed by atoms with Crippen LogP contribution in [0, 0.1) is 19.8 Å².